The number of nitrogens with one attached hydrogen (secondary N) is 1. The largest absolute Gasteiger partial charge is 0.352 e. The van der Waals surface area contributed by atoms with Gasteiger partial charge in [0.1, 0.15) is 0 Å². The fourth-order valence-electron chi connectivity index (χ4n) is 3.21. The van der Waals surface area contributed by atoms with E-state index in [9.17, 15) is 13.2 Å². The predicted octanol–water partition coefficient (Wildman–Crippen LogP) is 2.16. The van der Waals surface area contributed by atoms with E-state index in [2.05, 4.69) is 10.2 Å². The van der Waals surface area contributed by atoms with Crippen LogP contribution in [0.15, 0.2) is 17.0 Å². The number of carbonyl (C=O) groups is 1. The zero-order valence-electron chi connectivity index (χ0n) is 16.3. The van der Waals surface area contributed by atoms with Crippen molar-refractivity contribution in [3.8, 4) is 0 Å². The summed E-state index contributed by atoms with van der Waals surface area (Å²) >= 11 is 0. The molecule has 1 saturated heterocycles. The second-order valence-electron chi connectivity index (χ2n) is 7.22. The highest BCUT2D eigenvalue weighted by molar-refractivity contribution is 7.89. The van der Waals surface area contributed by atoms with Crippen LogP contribution < -0.4 is 5.32 Å². The van der Waals surface area contributed by atoms with Gasteiger partial charge in [-0.3, -0.25) is 4.79 Å². The summed E-state index contributed by atoms with van der Waals surface area (Å²) < 4.78 is 26.2. The smallest absolute Gasteiger partial charge is 0.251 e. The maximum atomic E-state index is 12.5. The summed E-state index contributed by atoms with van der Waals surface area (Å²) in [6, 6.07) is 3.24. The van der Waals surface area contributed by atoms with Crippen molar-refractivity contribution in [3.05, 3.63) is 28.8 Å². The van der Waals surface area contributed by atoms with E-state index < -0.39 is 10.0 Å². The van der Waals surface area contributed by atoms with Crippen molar-refractivity contribution in [2.45, 2.75) is 44.4 Å². The third-order valence-corrected chi connectivity index (χ3v) is 6.97. The van der Waals surface area contributed by atoms with E-state index in [4.69, 9.17) is 0 Å². The van der Waals surface area contributed by atoms with Crippen molar-refractivity contribution in [2.75, 3.05) is 40.3 Å². The average molecular weight is 382 g/mol. The zero-order chi connectivity index (χ0) is 19.3. The first-order chi connectivity index (χ1) is 12.2. The number of piperidine rings is 1. The zero-order valence-corrected chi connectivity index (χ0v) is 17.2. The summed E-state index contributed by atoms with van der Waals surface area (Å²) in [5.74, 6) is -0.220. The van der Waals surface area contributed by atoms with Crippen LogP contribution in [0.3, 0.4) is 0 Å². The van der Waals surface area contributed by atoms with E-state index in [0.29, 0.717) is 17.7 Å². The molecule has 7 heteroatoms. The first-order valence-electron chi connectivity index (χ1n) is 9.28. The van der Waals surface area contributed by atoms with Gasteiger partial charge < -0.3 is 10.2 Å². The third kappa shape index (κ3) is 5.05. The molecule has 26 heavy (non-hydrogen) atoms. The lowest BCUT2D eigenvalue weighted by Gasteiger charge is -2.26. The molecular weight excluding hydrogens is 350 g/mol. The molecule has 1 aromatic rings. The number of amides is 1. The summed E-state index contributed by atoms with van der Waals surface area (Å²) in [6.45, 7) is 7.49. The predicted molar refractivity (Wildman–Crippen MR) is 104 cm³/mol. The van der Waals surface area contributed by atoms with Gasteiger partial charge in [0.15, 0.2) is 0 Å². The number of benzene rings is 1. The first kappa shape index (κ1) is 20.9. The fraction of sp³-hybridized carbons (Fsp3) is 0.632. The van der Waals surface area contributed by atoms with Crippen LogP contribution in [-0.2, 0) is 10.0 Å². The van der Waals surface area contributed by atoms with Gasteiger partial charge in [0.25, 0.3) is 5.91 Å². The highest BCUT2D eigenvalue weighted by atomic mass is 32.2. The highest BCUT2D eigenvalue weighted by Crippen LogP contribution is 2.23. The van der Waals surface area contributed by atoms with Crippen LogP contribution in [0, 0.1) is 13.8 Å². The van der Waals surface area contributed by atoms with E-state index in [0.717, 1.165) is 31.6 Å². The summed E-state index contributed by atoms with van der Waals surface area (Å²) in [5, 5.41) is 2.92. The van der Waals surface area contributed by atoms with Crippen molar-refractivity contribution in [1.29, 1.82) is 0 Å². The van der Waals surface area contributed by atoms with Crippen LogP contribution in [0.25, 0.3) is 0 Å². The molecule has 0 bridgehead atoms. The minimum Gasteiger partial charge on any atom is -0.352 e. The summed E-state index contributed by atoms with van der Waals surface area (Å²) in [7, 11) is -0.584. The second kappa shape index (κ2) is 8.97. The second-order valence-corrected chi connectivity index (χ2v) is 9.34. The number of hydrogen-bond acceptors (Lipinski definition) is 4. The van der Waals surface area contributed by atoms with Crippen LogP contribution in [0.4, 0.5) is 0 Å². The van der Waals surface area contributed by atoms with Crippen LogP contribution in [0.2, 0.25) is 0 Å². The summed E-state index contributed by atoms with van der Waals surface area (Å²) in [6.07, 6.45) is 4.74. The Morgan fingerprint density at radius 3 is 2.42 bits per heavy atom. The number of rotatable bonds is 7. The molecule has 0 radical (unpaired) electrons. The van der Waals surface area contributed by atoms with Gasteiger partial charge in [0.2, 0.25) is 10.0 Å². The molecule has 0 saturated carbocycles. The Kier molecular flexibility index (Phi) is 7.20. The van der Waals surface area contributed by atoms with E-state index >= 15 is 0 Å². The summed E-state index contributed by atoms with van der Waals surface area (Å²) in [5.41, 5.74) is 1.87. The SMILES string of the molecule is Cc1cc(C(=O)NCCCN2CCCCC2)cc(S(=O)(=O)N(C)C)c1C. The number of aryl methyl sites for hydroxylation is 1. The van der Waals surface area contributed by atoms with E-state index in [1.54, 1.807) is 13.0 Å². The maximum absolute atomic E-state index is 12.5. The molecule has 0 aromatic heterocycles. The van der Waals surface area contributed by atoms with Gasteiger partial charge in [0, 0.05) is 26.2 Å². The number of sulfonamides is 1. The summed E-state index contributed by atoms with van der Waals surface area (Å²) in [4.78, 5) is 15.1. The number of hydrogen-bond donors (Lipinski definition) is 1. The van der Waals surface area contributed by atoms with Gasteiger partial charge in [-0.25, -0.2) is 12.7 Å². The lowest BCUT2D eigenvalue weighted by Crippen LogP contribution is -2.33. The molecule has 1 aliphatic rings. The Labute approximate surface area is 157 Å². The number of nitrogens with zero attached hydrogens (tertiary/aromatic N) is 2. The van der Waals surface area contributed by atoms with E-state index in [-0.39, 0.29) is 10.8 Å². The molecule has 1 amide bonds. The van der Waals surface area contributed by atoms with Crippen molar-refractivity contribution < 1.29 is 13.2 Å². The Balaban J connectivity index is 2.01. The van der Waals surface area contributed by atoms with Gasteiger partial charge in [0.05, 0.1) is 4.90 Å². The van der Waals surface area contributed by atoms with Crippen LogP contribution in [0.5, 0.6) is 0 Å². The molecule has 146 valence electrons. The molecule has 1 aliphatic heterocycles. The maximum Gasteiger partial charge on any atom is 0.251 e. The molecule has 1 fully saturated rings. The third-order valence-electron chi connectivity index (χ3n) is 5.03. The van der Waals surface area contributed by atoms with Gasteiger partial charge in [-0.15, -0.1) is 0 Å². The number of likely N-dealkylation sites (tertiary alicyclic amines) is 1. The van der Waals surface area contributed by atoms with Crippen molar-refractivity contribution in [3.63, 3.8) is 0 Å². The molecule has 6 nitrogen and oxygen atoms in total. The molecular formula is C19H31N3O3S. The molecule has 1 heterocycles. The Morgan fingerprint density at radius 2 is 1.81 bits per heavy atom. The Bertz CT molecular complexity index is 739. The fourth-order valence-corrected chi connectivity index (χ4v) is 4.43. The highest BCUT2D eigenvalue weighted by Gasteiger charge is 2.23. The van der Waals surface area contributed by atoms with Gasteiger partial charge in [-0.1, -0.05) is 6.42 Å². The monoisotopic (exact) mass is 381 g/mol. The topological polar surface area (TPSA) is 69.7 Å². The minimum absolute atomic E-state index is 0.195. The van der Waals surface area contributed by atoms with Crippen molar-refractivity contribution in [2.24, 2.45) is 0 Å². The van der Waals surface area contributed by atoms with Gasteiger partial charge in [-0.2, -0.15) is 0 Å². The van der Waals surface area contributed by atoms with Gasteiger partial charge in [-0.05, 0) is 76.0 Å². The van der Waals surface area contributed by atoms with Gasteiger partial charge >= 0.3 is 0 Å². The molecule has 0 atom stereocenters. The Morgan fingerprint density at radius 1 is 1.15 bits per heavy atom. The molecule has 0 aliphatic carbocycles. The quantitative estimate of drug-likeness (QED) is 0.735. The minimum atomic E-state index is -3.58. The van der Waals surface area contributed by atoms with Crippen LogP contribution in [0.1, 0.15) is 47.2 Å². The van der Waals surface area contributed by atoms with Crippen molar-refractivity contribution in [1.82, 2.24) is 14.5 Å². The average Bonchev–Trinajstić information content (AvgIpc) is 2.61. The lowest BCUT2D eigenvalue weighted by molar-refractivity contribution is 0.0950. The lowest BCUT2D eigenvalue weighted by atomic mass is 10.1. The number of carbonyl (C=O) groups excluding carboxylic acids is 1. The van der Waals surface area contributed by atoms with E-state index in [1.807, 2.05) is 6.92 Å². The molecule has 1 N–H and O–H groups in total. The van der Waals surface area contributed by atoms with Crippen molar-refractivity contribution >= 4 is 15.9 Å². The molecule has 1 aromatic carbocycles. The van der Waals surface area contributed by atoms with E-state index in [1.165, 1.54) is 43.7 Å². The molecule has 0 spiro atoms. The normalized spacial score (nSPS) is 16.0. The van der Waals surface area contributed by atoms with Crippen LogP contribution in [-0.4, -0.2) is 63.8 Å². The standard InChI is InChI=1S/C19H31N3O3S/c1-15-13-17(14-18(16(15)2)26(24,25)21(3)4)19(23)20-9-8-12-22-10-6-5-7-11-22/h13-14H,5-12H2,1-4H3,(H,20,23). The molecule has 0 unspecified atom stereocenters. The molecule has 2 rings (SSSR count). The Hall–Kier alpha value is -1.44. The van der Waals surface area contributed by atoms with Crippen LogP contribution >= 0.6 is 0 Å². The first-order valence-corrected chi connectivity index (χ1v) is 10.7.